The van der Waals surface area contributed by atoms with Crippen molar-refractivity contribution in [2.45, 2.75) is 45.3 Å². The lowest BCUT2D eigenvalue weighted by molar-refractivity contribution is -0.121. The molecule has 1 amide bonds. The van der Waals surface area contributed by atoms with Gasteiger partial charge in [0.2, 0.25) is 5.91 Å². The molecule has 21 heavy (non-hydrogen) atoms. The second-order valence-corrected chi connectivity index (χ2v) is 5.79. The molecule has 0 bridgehead atoms. The number of rotatable bonds is 7. The fraction of sp³-hybridized carbons (Fsp3) is 0.733. The predicted octanol–water partition coefficient (Wildman–Crippen LogP) is 0.462. The van der Waals surface area contributed by atoms with Crippen LogP contribution in [0.5, 0.6) is 0 Å². The number of carbonyl (C=O) groups excluding carboxylic acids is 1. The van der Waals surface area contributed by atoms with Crippen LogP contribution in [0.1, 0.15) is 26.7 Å². The Morgan fingerprint density at radius 3 is 2.81 bits per heavy atom. The minimum absolute atomic E-state index is 0.0947. The van der Waals surface area contributed by atoms with Gasteiger partial charge in [-0.2, -0.15) is 5.10 Å². The van der Waals surface area contributed by atoms with Crippen LogP contribution >= 0.6 is 0 Å². The molecule has 0 unspecified atom stereocenters. The van der Waals surface area contributed by atoms with E-state index in [0.29, 0.717) is 12.6 Å². The molecule has 118 valence electrons. The van der Waals surface area contributed by atoms with Gasteiger partial charge in [0.1, 0.15) is 0 Å². The van der Waals surface area contributed by atoms with Crippen LogP contribution in [-0.2, 0) is 11.3 Å². The van der Waals surface area contributed by atoms with E-state index in [2.05, 4.69) is 34.5 Å². The summed E-state index contributed by atoms with van der Waals surface area (Å²) >= 11 is 0. The van der Waals surface area contributed by atoms with Gasteiger partial charge in [-0.25, -0.2) is 0 Å². The summed E-state index contributed by atoms with van der Waals surface area (Å²) in [5.41, 5.74) is 0. The van der Waals surface area contributed by atoms with Crippen molar-refractivity contribution in [1.82, 2.24) is 25.3 Å². The minimum atomic E-state index is 0.0947. The maximum absolute atomic E-state index is 12.0. The highest BCUT2D eigenvalue weighted by atomic mass is 16.2. The maximum Gasteiger partial charge on any atom is 0.234 e. The van der Waals surface area contributed by atoms with Crippen molar-refractivity contribution in [3.05, 3.63) is 18.5 Å². The van der Waals surface area contributed by atoms with E-state index < -0.39 is 0 Å². The van der Waals surface area contributed by atoms with Gasteiger partial charge in [0, 0.05) is 37.6 Å². The second kappa shape index (κ2) is 8.14. The summed E-state index contributed by atoms with van der Waals surface area (Å²) in [6.45, 7) is 8.67. The number of aromatic nitrogens is 2. The number of piperidine rings is 1. The Labute approximate surface area is 126 Å². The number of hydrogen-bond donors (Lipinski definition) is 2. The summed E-state index contributed by atoms with van der Waals surface area (Å²) in [5, 5.41) is 10.5. The molecular formula is C15H27N5O. The van der Waals surface area contributed by atoms with Crippen LogP contribution in [-0.4, -0.2) is 58.9 Å². The molecule has 6 nitrogen and oxygen atoms in total. The molecule has 1 saturated heterocycles. The zero-order chi connectivity index (χ0) is 15.1. The molecule has 2 N–H and O–H groups in total. The summed E-state index contributed by atoms with van der Waals surface area (Å²) in [7, 11) is 0. The van der Waals surface area contributed by atoms with Gasteiger partial charge in [0.25, 0.3) is 0 Å². The third-order valence-electron chi connectivity index (χ3n) is 4.03. The van der Waals surface area contributed by atoms with Crippen LogP contribution in [0.15, 0.2) is 18.5 Å². The fourth-order valence-electron chi connectivity index (χ4n) is 2.69. The molecule has 1 aliphatic rings. The van der Waals surface area contributed by atoms with Crippen molar-refractivity contribution in [1.29, 1.82) is 0 Å². The molecule has 1 atom stereocenters. The molecule has 0 saturated carbocycles. The lowest BCUT2D eigenvalue weighted by Crippen LogP contribution is -2.47. The molecule has 0 spiro atoms. The molecule has 1 aromatic heterocycles. The summed E-state index contributed by atoms with van der Waals surface area (Å²) in [4.78, 5) is 14.4. The molecule has 0 radical (unpaired) electrons. The Hall–Kier alpha value is -1.40. The Balaban J connectivity index is 1.61. The monoisotopic (exact) mass is 293 g/mol. The molecule has 0 aliphatic carbocycles. The zero-order valence-corrected chi connectivity index (χ0v) is 13.1. The Bertz CT molecular complexity index is 412. The molecule has 1 aliphatic heterocycles. The Kier molecular flexibility index (Phi) is 6.20. The SMILES string of the molecule is CCN1CCC(NC(=O)CN[C@@H](C)Cn2cccn2)CC1. The average molecular weight is 293 g/mol. The van der Waals surface area contributed by atoms with Gasteiger partial charge in [0.05, 0.1) is 13.1 Å². The lowest BCUT2D eigenvalue weighted by atomic mass is 10.1. The van der Waals surface area contributed by atoms with E-state index in [1.807, 2.05) is 16.9 Å². The number of hydrogen-bond acceptors (Lipinski definition) is 4. The Morgan fingerprint density at radius 2 is 2.19 bits per heavy atom. The summed E-state index contributed by atoms with van der Waals surface area (Å²) in [6.07, 6.45) is 5.81. The molecular weight excluding hydrogens is 266 g/mol. The highest BCUT2D eigenvalue weighted by molar-refractivity contribution is 5.78. The van der Waals surface area contributed by atoms with Crippen molar-refractivity contribution in [3.63, 3.8) is 0 Å². The Morgan fingerprint density at radius 1 is 1.43 bits per heavy atom. The van der Waals surface area contributed by atoms with Crippen LogP contribution in [0.4, 0.5) is 0 Å². The van der Waals surface area contributed by atoms with Gasteiger partial charge >= 0.3 is 0 Å². The lowest BCUT2D eigenvalue weighted by Gasteiger charge is -2.31. The van der Waals surface area contributed by atoms with E-state index in [4.69, 9.17) is 0 Å². The number of nitrogens with zero attached hydrogens (tertiary/aromatic N) is 3. The molecule has 2 rings (SSSR count). The normalized spacial score (nSPS) is 18.6. The van der Waals surface area contributed by atoms with E-state index in [0.717, 1.165) is 39.0 Å². The number of carbonyl (C=O) groups is 1. The first-order chi connectivity index (χ1) is 10.2. The molecule has 1 aromatic rings. The van der Waals surface area contributed by atoms with Crippen molar-refractivity contribution < 1.29 is 4.79 Å². The second-order valence-electron chi connectivity index (χ2n) is 5.79. The first kappa shape index (κ1) is 16.0. The smallest absolute Gasteiger partial charge is 0.234 e. The van der Waals surface area contributed by atoms with Crippen molar-refractivity contribution in [2.24, 2.45) is 0 Å². The van der Waals surface area contributed by atoms with Crippen LogP contribution in [0.2, 0.25) is 0 Å². The molecule has 6 heteroatoms. The maximum atomic E-state index is 12.0. The third kappa shape index (κ3) is 5.47. The topological polar surface area (TPSA) is 62.2 Å². The van der Waals surface area contributed by atoms with E-state index >= 15 is 0 Å². The van der Waals surface area contributed by atoms with Crippen LogP contribution in [0, 0.1) is 0 Å². The van der Waals surface area contributed by atoms with Gasteiger partial charge in [-0.15, -0.1) is 0 Å². The van der Waals surface area contributed by atoms with E-state index in [9.17, 15) is 4.79 Å². The van der Waals surface area contributed by atoms with Gasteiger partial charge in [0.15, 0.2) is 0 Å². The molecule has 0 aromatic carbocycles. The van der Waals surface area contributed by atoms with Gasteiger partial charge in [-0.3, -0.25) is 9.48 Å². The zero-order valence-electron chi connectivity index (χ0n) is 13.1. The minimum Gasteiger partial charge on any atom is -0.352 e. The average Bonchev–Trinajstić information content (AvgIpc) is 2.99. The third-order valence-corrected chi connectivity index (χ3v) is 4.03. The molecule has 1 fully saturated rings. The van der Waals surface area contributed by atoms with Gasteiger partial charge in [-0.1, -0.05) is 6.92 Å². The predicted molar refractivity (Wildman–Crippen MR) is 83.0 cm³/mol. The first-order valence-corrected chi connectivity index (χ1v) is 7.90. The van der Waals surface area contributed by atoms with Crippen molar-refractivity contribution in [3.8, 4) is 0 Å². The van der Waals surface area contributed by atoms with Gasteiger partial charge in [-0.05, 0) is 32.4 Å². The van der Waals surface area contributed by atoms with Crippen molar-refractivity contribution >= 4 is 5.91 Å². The van der Waals surface area contributed by atoms with Gasteiger partial charge < -0.3 is 15.5 Å². The summed E-state index contributed by atoms with van der Waals surface area (Å²) in [5.74, 6) is 0.0947. The quantitative estimate of drug-likeness (QED) is 0.767. The highest BCUT2D eigenvalue weighted by Crippen LogP contribution is 2.09. The van der Waals surface area contributed by atoms with Crippen LogP contribution in [0.25, 0.3) is 0 Å². The van der Waals surface area contributed by atoms with E-state index in [1.165, 1.54) is 0 Å². The summed E-state index contributed by atoms with van der Waals surface area (Å²) in [6, 6.07) is 2.46. The number of nitrogens with one attached hydrogen (secondary N) is 2. The van der Waals surface area contributed by atoms with E-state index in [-0.39, 0.29) is 11.9 Å². The summed E-state index contributed by atoms with van der Waals surface area (Å²) < 4.78 is 1.87. The highest BCUT2D eigenvalue weighted by Gasteiger charge is 2.19. The number of amides is 1. The fourth-order valence-corrected chi connectivity index (χ4v) is 2.69. The standard InChI is InChI=1S/C15H27N5O/c1-3-19-9-5-14(6-10-19)18-15(21)11-16-13(2)12-20-8-4-7-17-20/h4,7-8,13-14,16H,3,5-6,9-12H2,1-2H3,(H,18,21)/t13-/m0/s1. The van der Waals surface area contributed by atoms with E-state index in [1.54, 1.807) is 6.20 Å². The van der Waals surface area contributed by atoms with Crippen LogP contribution < -0.4 is 10.6 Å². The first-order valence-electron chi connectivity index (χ1n) is 7.90. The largest absolute Gasteiger partial charge is 0.352 e. The van der Waals surface area contributed by atoms with Crippen molar-refractivity contribution in [2.75, 3.05) is 26.2 Å². The van der Waals surface area contributed by atoms with Crippen LogP contribution in [0.3, 0.4) is 0 Å². The number of likely N-dealkylation sites (tertiary alicyclic amines) is 1. The molecule has 2 heterocycles.